The lowest BCUT2D eigenvalue weighted by atomic mass is 9.95. The molecule has 3 rings (SSSR count). The molecule has 86 valence electrons. The van der Waals surface area contributed by atoms with Gasteiger partial charge in [0.2, 0.25) is 0 Å². The molecule has 2 aromatic heterocycles. The van der Waals surface area contributed by atoms with Gasteiger partial charge in [-0.1, -0.05) is 18.3 Å². The number of thioether (sulfide) groups is 1. The zero-order valence-corrected chi connectivity index (χ0v) is 10.4. The minimum absolute atomic E-state index is 0.799. The lowest BCUT2D eigenvalue weighted by molar-refractivity contribution is 0.853. The van der Waals surface area contributed by atoms with Crippen LogP contribution >= 0.6 is 11.8 Å². The lowest BCUT2D eigenvalue weighted by Crippen LogP contribution is -2.08. The average molecular weight is 244 g/mol. The van der Waals surface area contributed by atoms with Crippen molar-refractivity contribution in [3.05, 3.63) is 30.1 Å². The molecule has 0 saturated carbocycles. The summed E-state index contributed by atoms with van der Waals surface area (Å²) in [5.41, 5.74) is 4.50. The molecule has 0 unspecified atom stereocenters. The van der Waals surface area contributed by atoms with E-state index in [9.17, 15) is 0 Å². The molecule has 0 spiro atoms. The van der Waals surface area contributed by atoms with Crippen LogP contribution in [0.25, 0.3) is 17.6 Å². The minimum Gasteiger partial charge on any atom is -0.239 e. The number of rotatable bonds is 2. The van der Waals surface area contributed by atoms with Crippen molar-refractivity contribution in [3.63, 3.8) is 0 Å². The third-order valence-electron chi connectivity index (χ3n) is 2.96. The molecule has 0 saturated heterocycles. The first kappa shape index (κ1) is 10.5. The van der Waals surface area contributed by atoms with Crippen LogP contribution in [-0.4, -0.2) is 26.0 Å². The van der Waals surface area contributed by atoms with Crippen LogP contribution in [0.2, 0.25) is 0 Å². The van der Waals surface area contributed by atoms with Crippen molar-refractivity contribution >= 4 is 18.0 Å². The van der Waals surface area contributed by atoms with E-state index < -0.39 is 0 Å². The molecule has 1 aliphatic carbocycles. The molecular formula is C12H12N4S. The van der Waals surface area contributed by atoms with Gasteiger partial charge in [-0.05, 0) is 24.7 Å². The summed E-state index contributed by atoms with van der Waals surface area (Å²) >= 11 is 1.55. The molecule has 4 nitrogen and oxygen atoms in total. The van der Waals surface area contributed by atoms with E-state index in [0.717, 1.165) is 29.4 Å². The van der Waals surface area contributed by atoms with Gasteiger partial charge in [0.25, 0.3) is 0 Å². The van der Waals surface area contributed by atoms with Gasteiger partial charge in [0.1, 0.15) is 0 Å². The fourth-order valence-corrected chi connectivity index (χ4v) is 2.47. The summed E-state index contributed by atoms with van der Waals surface area (Å²) in [6.07, 6.45) is 9.52. The Morgan fingerprint density at radius 2 is 2.18 bits per heavy atom. The number of fused-ring (bicyclic) bond motifs is 3. The molecule has 17 heavy (non-hydrogen) atoms. The monoisotopic (exact) mass is 244 g/mol. The van der Waals surface area contributed by atoms with E-state index in [1.54, 1.807) is 22.6 Å². The second kappa shape index (κ2) is 4.00. The van der Waals surface area contributed by atoms with Crippen molar-refractivity contribution in [2.24, 2.45) is 0 Å². The fourth-order valence-electron chi connectivity index (χ4n) is 2.13. The highest BCUT2D eigenvalue weighted by atomic mass is 32.2. The second-order valence-corrected chi connectivity index (χ2v) is 4.65. The van der Waals surface area contributed by atoms with Crippen LogP contribution in [-0.2, 0) is 12.8 Å². The second-order valence-electron chi connectivity index (χ2n) is 3.88. The van der Waals surface area contributed by atoms with E-state index in [2.05, 4.69) is 21.6 Å². The topological polar surface area (TPSA) is 43.6 Å². The molecule has 0 fully saturated rings. The van der Waals surface area contributed by atoms with Crippen LogP contribution in [0.15, 0.2) is 24.1 Å². The Kier molecular flexibility index (Phi) is 2.48. The van der Waals surface area contributed by atoms with Gasteiger partial charge < -0.3 is 0 Å². The highest BCUT2D eigenvalue weighted by Gasteiger charge is 2.22. The van der Waals surface area contributed by atoms with Gasteiger partial charge in [-0.25, -0.2) is 14.6 Å². The molecular weight excluding hydrogens is 232 g/mol. The fraction of sp³-hybridized carbons (Fsp3) is 0.250. The van der Waals surface area contributed by atoms with Crippen LogP contribution in [0.4, 0.5) is 0 Å². The zero-order chi connectivity index (χ0) is 11.8. The first-order valence-electron chi connectivity index (χ1n) is 5.42. The molecule has 2 heterocycles. The number of aromatic nitrogens is 4. The van der Waals surface area contributed by atoms with E-state index in [-0.39, 0.29) is 0 Å². The van der Waals surface area contributed by atoms with E-state index >= 15 is 0 Å². The third kappa shape index (κ3) is 1.58. The maximum Gasteiger partial charge on any atom is 0.187 e. The van der Waals surface area contributed by atoms with Crippen molar-refractivity contribution in [2.45, 2.75) is 18.0 Å². The van der Waals surface area contributed by atoms with Gasteiger partial charge in [-0.15, -0.1) is 0 Å². The highest BCUT2D eigenvalue weighted by molar-refractivity contribution is 7.98. The normalized spacial score (nSPS) is 13.0. The Labute approximate surface area is 104 Å². The summed E-state index contributed by atoms with van der Waals surface area (Å²) in [5.74, 6) is 0. The quantitative estimate of drug-likeness (QED) is 0.600. The number of hydrogen-bond donors (Lipinski definition) is 0. The summed E-state index contributed by atoms with van der Waals surface area (Å²) in [6, 6.07) is 0. The van der Waals surface area contributed by atoms with E-state index in [1.165, 1.54) is 11.1 Å². The Morgan fingerprint density at radius 3 is 2.94 bits per heavy atom. The molecule has 0 aliphatic heterocycles. The van der Waals surface area contributed by atoms with E-state index in [4.69, 9.17) is 0 Å². The van der Waals surface area contributed by atoms with Gasteiger partial charge in [-0.2, -0.15) is 5.10 Å². The van der Waals surface area contributed by atoms with Gasteiger partial charge >= 0.3 is 0 Å². The molecule has 0 atom stereocenters. The molecule has 2 aromatic rings. The van der Waals surface area contributed by atoms with Crippen LogP contribution < -0.4 is 0 Å². The van der Waals surface area contributed by atoms with Gasteiger partial charge in [-0.3, -0.25) is 0 Å². The first-order chi connectivity index (χ1) is 8.33. The summed E-state index contributed by atoms with van der Waals surface area (Å²) in [6.45, 7) is 3.78. The number of aryl methyl sites for hydroxylation is 2. The summed E-state index contributed by atoms with van der Waals surface area (Å²) < 4.78 is 1.80. The molecule has 0 aromatic carbocycles. The summed E-state index contributed by atoms with van der Waals surface area (Å²) in [5, 5.41) is 5.10. The third-order valence-corrected chi connectivity index (χ3v) is 3.52. The van der Waals surface area contributed by atoms with E-state index in [0.29, 0.717) is 0 Å². The Hall–Kier alpha value is -1.62. The Morgan fingerprint density at radius 1 is 1.35 bits per heavy atom. The van der Waals surface area contributed by atoms with E-state index in [1.807, 2.05) is 18.6 Å². The van der Waals surface area contributed by atoms with Gasteiger partial charge in [0.15, 0.2) is 5.16 Å². The number of nitrogens with zero attached hydrogens (tertiary/aromatic N) is 4. The van der Waals surface area contributed by atoms with Gasteiger partial charge in [0, 0.05) is 18.0 Å². The molecule has 0 amide bonds. The van der Waals surface area contributed by atoms with Crippen molar-refractivity contribution in [1.29, 1.82) is 0 Å². The maximum absolute atomic E-state index is 4.60. The Balaban J connectivity index is 2.25. The largest absolute Gasteiger partial charge is 0.239 e. The minimum atomic E-state index is 0.799. The first-order valence-corrected chi connectivity index (χ1v) is 6.65. The smallest absolute Gasteiger partial charge is 0.187 e. The Bertz CT molecular complexity index is 588. The maximum atomic E-state index is 4.60. The average Bonchev–Trinajstić information content (AvgIpc) is 2.81. The van der Waals surface area contributed by atoms with Crippen molar-refractivity contribution in [3.8, 4) is 11.4 Å². The van der Waals surface area contributed by atoms with Crippen molar-refractivity contribution < 1.29 is 0 Å². The van der Waals surface area contributed by atoms with Gasteiger partial charge in [0.05, 0.1) is 17.6 Å². The summed E-state index contributed by atoms with van der Waals surface area (Å²) in [4.78, 5) is 8.92. The number of hydrogen-bond acceptors (Lipinski definition) is 4. The SMILES string of the molecule is C=Cn1ncc2c1-c1nc(SC)ncc1CC2. The molecule has 1 aliphatic rings. The van der Waals surface area contributed by atoms with Crippen molar-refractivity contribution in [2.75, 3.05) is 6.26 Å². The summed E-state index contributed by atoms with van der Waals surface area (Å²) in [7, 11) is 0. The molecule has 0 bridgehead atoms. The molecule has 5 heteroatoms. The molecule has 0 radical (unpaired) electrons. The van der Waals surface area contributed by atoms with Crippen molar-refractivity contribution in [1.82, 2.24) is 19.7 Å². The highest BCUT2D eigenvalue weighted by Crippen LogP contribution is 2.32. The lowest BCUT2D eigenvalue weighted by Gasteiger charge is -2.16. The predicted octanol–water partition coefficient (Wildman–Crippen LogP) is 2.26. The molecule has 0 N–H and O–H groups in total. The van der Waals surface area contributed by atoms with Crippen LogP contribution in [0.3, 0.4) is 0 Å². The predicted molar refractivity (Wildman–Crippen MR) is 68.8 cm³/mol. The van der Waals surface area contributed by atoms with Crippen LogP contribution in [0.5, 0.6) is 0 Å². The van der Waals surface area contributed by atoms with Crippen LogP contribution in [0, 0.1) is 0 Å². The standard InChI is InChI=1S/C12H12N4S/c1-3-16-11-9(7-14-16)5-4-8-6-13-12(17-2)15-10(8)11/h3,6-7H,1,4-5H2,2H3. The zero-order valence-electron chi connectivity index (χ0n) is 9.55. The van der Waals surface area contributed by atoms with Crippen LogP contribution in [0.1, 0.15) is 11.1 Å².